The Labute approximate surface area is 118 Å². The molecule has 0 radical (unpaired) electrons. The summed E-state index contributed by atoms with van der Waals surface area (Å²) in [5.41, 5.74) is 2.67. The van der Waals surface area contributed by atoms with Crippen molar-refractivity contribution in [2.24, 2.45) is 5.41 Å². The average Bonchev–Trinajstić information content (AvgIpc) is 3.12. The van der Waals surface area contributed by atoms with Crippen LogP contribution in [0, 0.1) is 10.2 Å². The molecule has 1 N–H and O–H groups in total. The highest BCUT2D eigenvalue weighted by Crippen LogP contribution is 2.50. The molecule has 1 aliphatic rings. The number of aromatic amines is 1. The molecule has 0 bridgehead atoms. The molecule has 1 aromatic heterocycles. The van der Waals surface area contributed by atoms with Crippen LogP contribution in [0.4, 0.5) is 0 Å². The van der Waals surface area contributed by atoms with E-state index in [0.29, 0.717) is 12.0 Å². The molecule has 0 saturated heterocycles. The first-order valence-electron chi connectivity index (χ1n) is 7.03. The molecule has 4 heteroatoms. The Morgan fingerprint density at radius 3 is 2.79 bits per heavy atom. The van der Waals surface area contributed by atoms with Crippen molar-refractivity contribution in [1.29, 1.82) is 0 Å². The minimum atomic E-state index is 0.481. The fraction of sp³-hybridized carbons (Fsp3) is 0.533. The molecule has 0 amide bonds. The number of hydrogen-bond donors (Lipinski definition) is 1. The van der Waals surface area contributed by atoms with Crippen molar-refractivity contribution in [2.45, 2.75) is 39.7 Å². The molecule has 102 valence electrons. The maximum atomic E-state index is 5.67. The van der Waals surface area contributed by atoms with Gasteiger partial charge in [0.15, 0.2) is 4.77 Å². The third-order valence-corrected chi connectivity index (χ3v) is 4.60. The first-order chi connectivity index (χ1) is 9.19. The summed E-state index contributed by atoms with van der Waals surface area (Å²) in [5.74, 6) is 0.895. The van der Waals surface area contributed by atoms with E-state index in [1.54, 1.807) is 0 Å². The minimum absolute atomic E-state index is 0.481. The van der Waals surface area contributed by atoms with E-state index in [-0.39, 0.29) is 0 Å². The highest BCUT2D eigenvalue weighted by Gasteiger charge is 2.41. The van der Waals surface area contributed by atoms with Crippen molar-refractivity contribution in [3.63, 3.8) is 0 Å². The molecular weight excluding hydrogens is 256 g/mol. The van der Waals surface area contributed by atoms with Gasteiger partial charge in [-0.25, -0.2) is 0 Å². The van der Waals surface area contributed by atoms with Gasteiger partial charge in [-0.15, -0.1) is 0 Å². The fourth-order valence-corrected chi connectivity index (χ4v) is 2.99. The average molecular weight is 276 g/mol. The summed E-state index contributed by atoms with van der Waals surface area (Å²) in [6.45, 7) is 5.97. The summed E-state index contributed by atoms with van der Waals surface area (Å²) in [4.78, 5) is 3.31. The third kappa shape index (κ3) is 2.18. The maximum absolute atomic E-state index is 5.67. The van der Waals surface area contributed by atoms with E-state index in [9.17, 15) is 0 Å². The van der Waals surface area contributed by atoms with Gasteiger partial charge in [-0.2, -0.15) is 0 Å². The van der Waals surface area contributed by atoms with Gasteiger partial charge < -0.3 is 14.3 Å². The van der Waals surface area contributed by atoms with E-state index in [1.807, 2.05) is 19.1 Å². The Kier molecular flexibility index (Phi) is 3.13. The van der Waals surface area contributed by atoms with Crippen molar-refractivity contribution in [2.75, 3.05) is 6.61 Å². The highest BCUT2D eigenvalue weighted by molar-refractivity contribution is 7.71. The van der Waals surface area contributed by atoms with Crippen LogP contribution < -0.4 is 4.74 Å². The molecule has 2 aromatic rings. The number of para-hydroxylation sites is 1. The fourth-order valence-electron chi connectivity index (χ4n) is 2.72. The van der Waals surface area contributed by atoms with Crippen LogP contribution in [0.15, 0.2) is 18.2 Å². The maximum Gasteiger partial charge on any atom is 0.178 e. The lowest BCUT2D eigenvalue weighted by Gasteiger charge is -2.14. The number of hydrogen-bond acceptors (Lipinski definition) is 2. The summed E-state index contributed by atoms with van der Waals surface area (Å²) < 4.78 is 8.72. The van der Waals surface area contributed by atoms with Gasteiger partial charge in [0.2, 0.25) is 0 Å². The van der Waals surface area contributed by atoms with Crippen LogP contribution in [0.2, 0.25) is 0 Å². The Bertz CT molecular complexity index is 652. The summed E-state index contributed by atoms with van der Waals surface area (Å²) >= 11 is 5.49. The lowest BCUT2D eigenvalue weighted by Crippen LogP contribution is -2.10. The molecule has 3 nitrogen and oxygen atoms in total. The lowest BCUT2D eigenvalue weighted by molar-refractivity contribution is 0.343. The van der Waals surface area contributed by atoms with Crippen molar-refractivity contribution < 1.29 is 4.74 Å². The number of aromatic nitrogens is 2. The Hall–Kier alpha value is -1.29. The van der Waals surface area contributed by atoms with Crippen molar-refractivity contribution >= 4 is 23.3 Å². The van der Waals surface area contributed by atoms with Crippen LogP contribution >= 0.6 is 12.2 Å². The van der Waals surface area contributed by atoms with Gasteiger partial charge in [-0.1, -0.05) is 13.0 Å². The van der Waals surface area contributed by atoms with Crippen LogP contribution in [-0.2, 0) is 6.54 Å². The number of nitrogens with zero attached hydrogens (tertiary/aromatic N) is 1. The SMILES string of the molecule is CCOc1cccc2c1[nH]c(=S)n2CC1(CC)CC1. The van der Waals surface area contributed by atoms with Crippen LogP contribution in [0.25, 0.3) is 11.0 Å². The number of ether oxygens (including phenoxy) is 1. The van der Waals surface area contributed by atoms with Crippen LogP contribution in [0.3, 0.4) is 0 Å². The van der Waals surface area contributed by atoms with Crippen LogP contribution in [-0.4, -0.2) is 16.2 Å². The molecule has 1 saturated carbocycles. The molecule has 1 aromatic carbocycles. The van der Waals surface area contributed by atoms with Gasteiger partial charge in [0.05, 0.1) is 12.1 Å². The Morgan fingerprint density at radius 2 is 2.16 bits per heavy atom. The zero-order valence-electron chi connectivity index (χ0n) is 11.5. The number of nitrogens with one attached hydrogen (secondary N) is 1. The molecule has 3 rings (SSSR count). The molecule has 19 heavy (non-hydrogen) atoms. The second-order valence-electron chi connectivity index (χ2n) is 5.45. The Balaban J connectivity index is 2.07. The zero-order chi connectivity index (χ0) is 13.5. The third-order valence-electron chi connectivity index (χ3n) is 4.27. The molecule has 0 aliphatic heterocycles. The molecule has 1 fully saturated rings. The Morgan fingerprint density at radius 1 is 1.37 bits per heavy atom. The summed E-state index contributed by atoms with van der Waals surface area (Å²) in [7, 11) is 0. The standard InChI is InChI=1S/C15H20N2OS/c1-3-15(8-9-15)10-17-11-6-5-7-12(18-4-2)13(11)16-14(17)19/h5-7H,3-4,8-10H2,1-2H3,(H,16,19). The number of H-pyrrole nitrogens is 1. The summed E-state index contributed by atoms with van der Waals surface area (Å²) in [6, 6.07) is 6.15. The quantitative estimate of drug-likeness (QED) is 0.826. The minimum Gasteiger partial charge on any atom is -0.492 e. The van der Waals surface area contributed by atoms with Gasteiger partial charge in [-0.3, -0.25) is 0 Å². The van der Waals surface area contributed by atoms with Gasteiger partial charge in [0.1, 0.15) is 11.3 Å². The van der Waals surface area contributed by atoms with Crippen LogP contribution in [0.5, 0.6) is 5.75 Å². The van der Waals surface area contributed by atoms with Gasteiger partial charge in [0.25, 0.3) is 0 Å². The van der Waals surface area contributed by atoms with Gasteiger partial charge >= 0.3 is 0 Å². The van der Waals surface area contributed by atoms with E-state index in [1.165, 1.54) is 19.3 Å². The van der Waals surface area contributed by atoms with E-state index in [2.05, 4.69) is 22.5 Å². The van der Waals surface area contributed by atoms with Gasteiger partial charge in [0, 0.05) is 6.54 Å². The first-order valence-corrected chi connectivity index (χ1v) is 7.44. The molecule has 1 aliphatic carbocycles. The molecule has 0 atom stereocenters. The second kappa shape index (κ2) is 4.67. The van der Waals surface area contributed by atoms with E-state index in [4.69, 9.17) is 17.0 Å². The summed E-state index contributed by atoms with van der Waals surface area (Å²) in [5, 5.41) is 0. The first kappa shape index (κ1) is 12.7. The normalized spacial score (nSPS) is 16.7. The number of fused-ring (bicyclic) bond motifs is 1. The predicted octanol–water partition coefficient (Wildman–Crippen LogP) is 4.29. The van der Waals surface area contributed by atoms with Crippen molar-refractivity contribution in [1.82, 2.24) is 9.55 Å². The van der Waals surface area contributed by atoms with Gasteiger partial charge in [-0.05, 0) is 56.0 Å². The zero-order valence-corrected chi connectivity index (χ0v) is 12.3. The molecular formula is C15H20N2OS. The number of rotatable bonds is 5. The van der Waals surface area contributed by atoms with Crippen LogP contribution in [0.1, 0.15) is 33.1 Å². The largest absolute Gasteiger partial charge is 0.492 e. The molecule has 0 spiro atoms. The topological polar surface area (TPSA) is 29.9 Å². The summed E-state index contributed by atoms with van der Waals surface area (Å²) in [6.07, 6.45) is 3.87. The van der Waals surface area contributed by atoms with Crippen molar-refractivity contribution in [3.05, 3.63) is 23.0 Å². The smallest absolute Gasteiger partial charge is 0.178 e. The van der Waals surface area contributed by atoms with E-state index >= 15 is 0 Å². The molecule has 1 heterocycles. The number of imidazole rings is 1. The predicted molar refractivity (Wildman–Crippen MR) is 80.2 cm³/mol. The highest BCUT2D eigenvalue weighted by atomic mass is 32.1. The van der Waals surface area contributed by atoms with E-state index < -0.39 is 0 Å². The lowest BCUT2D eigenvalue weighted by atomic mass is 10.0. The molecule has 0 unspecified atom stereocenters. The van der Waals surface area contributed by atoms with Crippen molar-refractivity contribution in [3.8, 4) is 5.75 Å². The monoisotopic (exact) mass is 276 g/mol. The number of benzene rings is 1. The van der Waals surface area contributed by atoms with E-state index in [0.717, 1.165) is 28.1 Å². The second-order valence-corrected chi connectivity index (χ2v) is 5.84.